The molecule has 1 rings (SSSR count). The second kappa shape index (κ2) is 5.59. The maximum Gasteiger partial charge on any atom is 0.0340 e. The Bertz CT molecular complexity index is 339. The Kier molecular flexibility index (Phi) is 4.41. The number of rotatable bonds is 5. The van der Waals surface area contributed by atoms with Crippen LogP contribution in [0.4, 0.5) is 0 Å². The van der Waals surface area contributed by atoms with E-state index in [0.717, 1.165) is 12.2 Å². The molecule has 0 saturated heterocycles. The lowest BCUT2D eigenvalue weighted by Crippen LogP contribution is -2.12. The molecule has 0 heterocycles. The maximum atomic E-state index is 4.06. The predicted molar refractivity (Wildman–Crippen MR) is 67.9 cm³/mol. The minimum absolute atomic E-state index is 1.02. The number of benzene rings is 1. The summed E-state index contributed by atoms with van der Waals surface area (Å²) in [5.74, 6) is 0. The van der Waals surface area contributed by atoms with Gasteiger partial charge in [-0.2, -0.15) is 0 Å². The van der Waals surface area contributed by atoms with E-state index in [1.807, 2.05) is 0 Å². The van der Waals surface area contributed by atoms with Crippen molar-refractivity contribution >= 4 is 5.70 Å². The number of aryl methyl sites for hydroxylation is 2. The SMILES string of the molecule is C=C(NCCCC)c1ccc(C)c(C)c1. The van der Waals surface area contributed by atoms with Crippen LogP contribution in [0, 0.1) is 13.8 Å². The van der Waals surface area contributed by atoms with Crippen molar-refractivity contribution in [1.82, 2.24) is 5.32 Å². The van der Waals surface area contributed by atoms with Crippen molar-refractivity contribution < 1.29 is 0 Å². The van der Waals surface area contributed by atoms with Crippen LogP contribution >= 0.6 is 0 Å². The highest BCUT2D eigenvalue weighted by Gasteiger charge is 1.99. The van der Waals surface area contributed by atoms with Crippen LogP contribution in [0.1, 0.15) is 36.5 Å². The molecule has 0 aliphatic carbocycles. The summed E-state index contributed by atoms with van der Waals surface area (Å²) in [4.78, 5) is 0. The summed E-state index contributed by atoms with van der Waals surface area (Å²) in [7, 11) is 0. The third-order valence-corrected chi connectivity index (χ3v) is 2.72. The third kappa shape index (κ3) is 3.43. The molecule has 1 nitrogen and oxygen atoms in total. The fraction of sp³-hybridized carbons (Fsp3) is 0.429. The molecule has 0 saturated carbocycles. The van der Waals surface area contributed by atoms with Gasteiger partial charge >= 0.3 is 0 Å². The van der Waals surface area contributed by atoms with E-state index in [0.29, 0.717) is 0 Å². The predicted octanol–water partition coefficient (Wildman–Crippen LogP) is 3.66. The first-order chi connectivity index (χ1) is 7.15. The van der Waals surface area contributed by atoms with Gasteiger partial charge in [0.15, 0.2) is 0 Å². The molecule has 82 valence electrons. The van der Waals surface area contributed by atoms with Crippen LogP contribution in [0.25, 0.3) is 5.70 Å². The fourth-order valence-electron chi connectivity index (χ4n) is 1.45. The first-order valence-electron chi connectivity index (χ1n) is 5.65. The minimum Gasteiger partial charge on any atom is -0.385 e. The van der Waals surface area contributed by atoms with E-state index in [1.54, 1.807) is 0 Å². The number of hydrogen-bond acceptors (Lipinski definition) is 1. The lowest BCUT2D eigenvalue weighted by Gasteiger charge is -2.10. The average Bonchev–Trinajstić information content (AvgIpc) is 2.22. The van der Waals surface area contributed by atoms with Gasteiger partial charge in [0.2, 0.25) is 0 Å². The molecule has 1 N–H and O–H groups in total. The van der Waals surface area contributed by atoms with Crippen LogP contribution in [0.15, 0.2) is 24.8 Å². The molecule has 0 aromatic heterocycles. The van der Waals surface area contributed by atoms with E-state index >= 15 is 0 Å². The van der Waals surface area contributed by atoms with E-state index in [9.17, 15) is 0 Å². The van der Waals surface area contributed by atoms with E-state index in [2.05, 4.69) is 50.9 Å². The molecule has 0 atom stereocenters. The zero-order valence-electron chi connectivity index (χ0n) is 10.1. The zero-order chi connectivity index (χ0) is 11.3. The van der Waals surface area contributed by atoms with Gasteiger partial charge in [-0.25, -0.2) is 0 Å². The van der Waals surface area contributed by atoms with Crippen molar-refractivity contribution in [2.24, 2.45) is 0 Å². The van der Waals surface area contributed by atoms with E-state index < -0.39 is 0 Å². The Hall–Kier alpha value is -1.24. The van der Waals surface area contributed by atoms with E-state index in [1.165, 1.54) is 29.5 Å². The Morgan fingerprint density at radius 1 is 1.27 bits per heavy atom. The van der Waals surface area contributed by atoms with Crippen molar-refractivity contribution in [3.05, 3.63) is 41.5 Å². The van der Waals surface area contributed by atoms with Crippen molar-refractivity contribution in [1.29, 1.82) is 0 Å². The summed E-state index contributed by atoms with van der Waals surface area (Å²) >= 11 is 0. The third-order valence-electron chi connectivity index (χ3n) is 2.72. The van der Waals surface area contributed by atoms with Crippen molar-refractivity contribution in [2.75, 3.05) is 6.54 Å². The lowest BCUT2D eigenvalue weighted by molar-refractivity contribution is 0.745. The Morgan fingerprint density at radius 2 is 2.00 bits per heavy atom. The topological polar surface area (TPSA) is 12.0 Å². The maximum absolute atomic E-state index is 4.06. The number of unbranched alkanes of at least 4 members (excludes halogenated alkanes) is 1. The monoisotopic (exact) mass is 203 g/mol. The highest BCUT2D eigenvalue weighted by Crippen LogP contribution is 2.14. The molecule has 0 aliphatic rings. The Labute approximate surface area is 93.2 Å². The first-order valence-corrected chi connectivity index (χ1v) is 5.65. The molecule has 0 radical (unpaired) electrons. The van der Waals surface area contributed by atoms with E-state index in [4.69, 9.17) is 0 Å². The molecule has 0 spiro atoms. The molecule has 1 aromatic rings. The molecular weight excluding hydrogens is 182 g/mol. The van der Waals surface area contributed by atoms with Crippen LogP contribution in [0.3, 0.4) is 0 Å². The molecule has 15 heavy (non-hydrogen) atoms. The smallest absolute Gasteiger partial charge is 0.0340 e. The summed E-state index contributed by atoms with van der Waals surface area (Å²) < 4.78 is 0. The van der Waals surface area contributed by atoms with Crippen molar-refractivity contribution in [2.45, 2.75) is 33.6 Å². The van der Waals surface area contributed by atoms with Crippen molar-refractivity contribution in [3.63, 3.8) is 0 Å². The Morgan fingerprint density at radius 3 is 2.60 bits per heavy atom. The van der Waals surface area contributed by atoms with Gasteiger partial charge in [-0.05, 0) is 43.0 Å². The number of hydrogen-bond donors (Lipinski definition) is 1. The molecule has 0 amide bonds. The van der Waals surface area contributed by atoms with Gasteiger partial charge in [-0.15, -0.1) is 0 Å². The summed E-state index contributed by atoms with van der Waals surface area (Å²) in [6.07, 6.45) is 2.41. The summed E-state index contributed by atoms with van der Waals surface area (Å²) in [6.45, 7) is 11.5. The van der Waals surface area contributed by atoms with Gasteiger partial charge in [0.1, 0.15) is 0 Å². The molecule has 0 bridgehead atoms. The standard InChI is InChI=1S/C14H21N/c1-5-6-9-15-13(4)14-8-7-11(2)12(3)10-14/h7-8,10,15H,4-6,9H2,1-3H3. The highest BCUT2D eigenvalue weighted by molar-refractivity contribution is 5.62. The molecule has 0 unspecified atom stereocenters. The second-order valence-electron chi connectivity index (χ2n) is 4.06. The Balaban J connectivity index is 2.62. The van der Waals surface area contributed by atoms with Gasteiger partial charge < -0.3 is 5.32 Å². The normalized spacial score (nSPS) is 10.1. The zero-order valence-corrected chi connectivity index (χ0v) is 10.1. The largest absolute Gasteiger partial charge is 0.385 e. The van der Waals surface area contributed by atoms with Gasteiger partial charge in [0.25, 0.3) is 0 Å². The molecule has 1 aromatic carbocycles. The van der Waals surface area contributed by atoms with Crippen molar-refractivity contribution in [3.8, 4) is 0 Å². The first kappa shape index (κ1) is 11.8. The van der Waals surface area contributed by atoms with Gasteiger partial charge in [-0.3, -0.25) is 0 Å². The molecule has 0 aliphatic heterocycles. The van der Waals surface area contributed by atoms with Crippen LogP contribution in [0.2, 0.25) is 0 Å². The number of nitrogens with one attached hydrogen (secondary N) is 1. The molecule has 1 heteroatoms. The summed E-state index contributed by atoms with van der Waals surface area (Å²) in [6, 6.07) is 6.47. The van der Waals surface area contributed by atoms with Gasteiger partial charge in [0, 0.05) is 12.2 Å². The van der Waals surface area contributed by atoms with Crippen LogP contribution < -0.4 is 5.32 Å². The molecule has 0 fully saturated rings. The van der Waals surface area contributed by atoms with Gasteiger partial charge in [-0.1, -0.05) is 32.1 Å². The second-order valence-corrected chi connectivity index (χ2v) is 4.06. The quantitative estimate of drug-likeness (QED) is 0.720. The molecular formula is C14H21N. The highest BCUT2D eigenvalue weighted by atomic mass is 14.9. The minimum atomic E-state index is 1.02. The van der Waals surface area contributed by atoms with Crippen LogP contribution in [-0.4, -0.2) is 6.54 Å². The van der Waals surface area contributed by atoms with Crippen LogP contribution in [-0.2, 0) is 0 Å². The van der Waals surface area contributed by atoms with Gasteiger partial charge in [0.05, 0.1) is 0 Å². The van der Waals surface area contributed by atoms with E-state index in [-0.39, 0.29) is 0 Å². The summed E-state index contributed by atoms with van der Waals surface area (Å²) in [5.41, 5.74) is 4.90. The average molecular weight is 203 g/mol. The van der Waals surface area contributed by atoms with Crippen LogP contribution in [0.5, 0.6) is 0 Å². The summed E-state index contributed by atoms with van der Waals surface area (Å²) in [5, 5.41) is 3.35. The lowest BCUT2D eigenvalue weighted by atomic mass is 10.0. The fourth-order valence-corrected chi connectivity index (χ4v) is 1.45.